The van der Waals surface area contributed by atoms with Crippen LogP contribution in [0, 0.1) is 17.1 Å². The predicted octanol–water partition coefficient (Wildman–Crippen LogP) is 6.25. The van der Waals surface area contributed by atoms with Gasteiger partial charge in [-0.05, 0) is 60.9 Å². The van der Waals surface area contributed by atoms with E-state index in [-0.39, 0.29) is 35.7 Å². The molecule has 0 saturated heterocycles. The number of ether oxygens (including phenoxy) is 2. The molecule has 0 bridgehead atoms. The minimum absolute atomic E-state index is 0.0121. The molecule has 0 saturated carbocycles. The summed E-state index contributed by atoms with van der Waals surface area (Å²) in [6.45, 7) is 3.69. The number of hydrogen-bond acceptors (Lipinski definition) is 5. The molecular weight excluding hydrogens is 507 g/mol. The second-order valence-electron chi connectivity index (χ2n) is 8.48. The van der Waals surface area contributed by atoms with Gasteiger partial charge in [-0.3, -0.25) is 14.5 Å². The van der Waals surface area contributed by atoms with Crippen LogP contribution < -0.4 is 9.47 Å². The fraction of sp³-hybridized carbons (Fsp3) is 0.167. The van der Waals surface area contributed by atoms with Gasteiger partial charge in [0, 0.05) is 16.2 Å². The molecule has 0 unspecified atom stereocenters. The van der Waals surface area contributed by atoms with Crippen LogP contribution in [0.2, 0.25) is 5.02 Å². The van der Waals surface area contributed by atoms with Gasteiger partial charge in [-0.15, -0.1) is 0 Å². The van der Waals surface area contributed by atoms with Gasteiger partial charge in [-0.1, -0.05) is 54.1 Å². The zero-order chi connectivity index (χ0) is 27.2. The first kappa shape index (κ1) is 26.6. The first-order valence-corrected chi connectivity index (χ1v) is 12.3. The lowest BCUT2D eigenvalue weighted by molar-refractivity contribution is -0.141. The molecule has 0 atom stereocenters. The van der Waals surface area contributed by atoms with Crippen molar-refractivity contribution in [1.29, 1.82) is 5.26 Å². The first-order chi connectivity index (χ1) is 18.3. The number of carbonyl (C=O) groups excluding carboxylic acids is 2. The summed E-state index contributed by atoms with van der Waals surface area (Å²) in [5, 5.41) is 10.1. The molecule has 8 heteroatoms. The number of imide groups is 1. The highest BCUT2D eigenvalue weighted by molar-refractivity contribution is 6.31. The quantitative estimate of drug-likeness (QED) is 0.254. The van der Waals surface area contributed by atoms with Gasteiger partial charge in [0.25, 0.3) is 11.8 Å². The van der Waals surface area contributed by atoms with Crippen molar-refractivity contribution < 1.29 is 23.5 Å². The Morgan fingerprint density at radius 1 is 0.974 bits per heavy atom. The van der Waals surface area contributed by atoms with Crippen molar-refractivity contribution in [2.24, 2.45) is 0 Å². The lowest BCUT2D eigenvalue weighted by atomic mass is 9.93. The minimum Gasteiger partial charge on any atom is -0.490 e. The SMILES string of the molecule is CCOc1cc(/C=C2/C(=O)N(Cc3ccccc3Cl)C(=O)C(C#N)=C2C)ccc1OCc1ccccc1F. The molecule has 6 nitrogen and oxygen atoms in total. The zero-order valence-corrected chi connectivity index (χ0v) is 21.6. The van der Waals surface area contributed by atoms with E-state index in [2.05, 4.69) is 0 Å². The Kier molecular flexibility index (Phi) is 8.25. The van der Waals surface area contributed by atoms with Crippen molar-refractivity contribution in [3.8, 4) is 17.6 Å². The Bertz CT molecular complexity index is 1510. The fourth-order valence-corrected chi connectivity index (χ4v) is 4.21. The average Bonchev–Trinajstić information content (AvgIpc) is 2.91. The van der Waals surface area contributed by atoms with Crippen molar-refractivity contribution in [3.05, 3.63) is 111 Å². The van der Waals surface area contributed by atoms with Crippen LogP contribution in [0.15, 0.2) is 83.4 Å². The summed E-state index contributed by atoms with van der Waals surface area (Å²) in [7, 11) is 0. The number of rotatable bonds is 8. The maximum Gasteiger partial charge on any atom is 0.271 e. The number of benzene rings is 3. The molecule has 3 aromatic rings. The summed E-state index contributed by atoms with van der Waals surface area (Å²) in [6.07, 6.45) is 1.60. The Labute approximate surface area is 225 Å². The monoisotopic (exact) mass is 530 g/mol. The average molecular weight is 531 g/mol. The highest BCUT2D eigenvalue weighted by atomic mass is 35.5. The van der Waals surface area contributed by atoms with E-state index in [1.165, 1.54) is 6.07 Å². The molecule has 0 N–H and O–H groups in total. The van der Waals surface area contributed by atoms with Gasteiger partial charge in [-0.25, -0.2) is 4.39 Å². The molecule has 38 heavy (non-hydrogen) atoms. The number of nitriles is 1. The Morgan fingerprint density at radius 2 is 1.68 bits per heavy atom. The van der Waals surface area contributed by atoms with E-state index in [1.807, 2.05) is 13.0 Å². The maximum absolute atomic E-state index is 14.0. The van der Waals surface area contributed by atoms with E-state index >= 15 is 0 Å². The molecule has 0 radical (unpaired) electrons. The molecule has 4 rings (SSSR count). The molecule has 0 aliphatic carbocycles. The van der Waals surface area contributed by atoms with Crippen LogP contribution in [-0.2, 0) is 22.7 Å². The van der Waals surface area contributed by atoms with Crippen LogP contribution in [0.4, 0.5) is 4.39 Å². The Morgan fingerprint density at radius 3 is 2.37 bits per heavy atom. The van der Waals surface area contributed by atoms with Crippen LogP contribution in [0.25, 0.3) is 6.08 Å². The first-order valence-electron chi connectivity index (χ1n) is 11.9. The lowest BCUT2D eigenvalue weighted by Crippen LogP contribution is -2.42. The van der Waals surface area contributed by atoms with E-state index in [1.54, 1.807) is 73.7 Å². The second kappa shape index (κ2) is 11.8. The van der Waals surface area contributed by atoms with Crippen LogP contribution in [0.5, 0.6) is 11.5 Å². The molecule has 0 aromatic heterocycles. The molecule has 0 fully saturated rings. The summed E-state index contributed by atoms with van der Waals surface area (Å²) in [6, 6.07) is 20.3. The molecule has 1 aliphatic heterocycles. The van der Waals surface area contributed by atoms with Crippen molar-refractivity contribution in [2.45, 2.75) is 27.0 Å². The van der Waals surface area contributed by atoms with Gasteiger partial charge in [0.05, 0.1) is 13.2 Å². The minimum atomic E-state index is -0.668. The molecule has 192 valence electrons. The van der Waals surface area contributed by atoms with Crippen LogP contribution in [0.1, 0.15) is 30.5 Å². The van der Waals surface area contributed by atoms with Crippen LogP contribution >= 0.6 is 11.6 Å². The highest BCUT2D eigenvalue weighted by Gasteiger charge is 2.35. The summed E-state index contributed by atoms with van der Waals surface area (Å²) >= 11 is 6.25. The lowest BCUT2D eigenvalue weighted by Gasteiger charge is -2.28. The van der Waals surface area contributed by atoms with Crippen molar-refractivity contribution in [3.63, 3.8) is 0 Å². The van der Waals surface area contributed by atoms with Gasteiger partial charge in [0.1, 0.15) is 24.1 Å². The van der Waals surface area contributed by atoms with Crippen molar-refractivity contribution >= 4 is 29.5 Å². The van der Waals surface area contributed by atoms with E-state index < -0.39 is 11.8 Å². The number of nitrogens with zero attached hydrogens (tertiary/aromatic N) is 2. The summed E-state index contributed by atoms with van der Waals surface area (Å²) in [4.78, 5) is 27.5. The van der Waals surface area contributed by atoms with E-state index in [9.17, 15) is 19.2 Å². The number of hydrogen-bond donors (Lipinski definition) is 0. The Balaban J connectivity index is 1.67. The number of halogens is 2. The van der Waals surface area contributed by atoms with Crippen molar-refractivity contribution in [1.82, 2.24) is 4.90 Å². The smallest absolute Gasteiger partial charge is 0.271 e. The third-order valence-electron chi connectivity index (χ3n) is 6.03. The molecule has 1 aliphatic rings. The number of amides is 2. The summed E-state index contributed by atoms with van der Waals surface area (Å²) < 4.78 is 25.6. The molecule has 0 spiro atoms. The molecule has 3 aromatic carbocycles. The summed E-state index contributed by atoms with van der Waals surface area (Å²) in [5.74, 6) is -0.752. The van der Waals surface area contributed by atoms with E-state index in [0.29, 0.717) is 39.8 Å². The fourth-order valence-electron chi connectivity index (χ4n) is 4.01. The standard InChI is InChI=1S/C30H24ClFN2O4/c1-3-37-28-15-20(12-13-27(28)38-18-22-9-5-7-11-26(22)32)14-23-19(2)24(16-33)30(36)34(29(23)35)17-21-8-4-6-10-25(21)31/h4-15H,3,17-18H2,1-2H3/b23-14+. The largest absolute Gasteiger partial charge is 0.490 e. The highest BCUT2D eigenvalue weighted by Crippen LogP contribution is 2.33. The second-order valence-corrected chi connectivity index (χ2v) is 8.88. The number of carbonyl (C=O) groups is 2. The molecule has 1 heterocycles. The van der Waals surface area contributed by atoms with E-state index in [0.717, 1.165) is 4.90 Å². The topological polar surface area (TPSA) is 79.6 Å². The van der Waals surface area contributed by atoms with Gasteiger partial charge >= 0.3 is 0 Å². The van der Waals surface area contributed by atoms with Gasteiger partial charge in [-0.2, -0.15) is 5.26 Å². The Hall–Kier alpha value is -4.41. The van der Waals surface area contributed by atoms with Gasteiger partial charge in [0.15, 0.2) is 11.5 Å². The third-order valence-corrected chi connectivity index (χ3v) is 6.40. The molecular formula is C30H24ClFN2O4. The van der Waals surface area contributed by atoms with Gasteiger partial charge in [0.2, 0.25) is 0 Å². The van der Waals surface area contributed by atoms with E-state index in [4.69, 9.17) is 21.1 Å². The summed E-state index contributed by atoms with van der Waals surface area (Å²) in [5.41, 5.74) is 1.96. The maximum atomic E-state index is 14.0. The zero-order valence-electron chi connectivity index (χ0n) is 20.8. The van der Waals surface area contributed by atoms with Crippen LogP contribution in [-0.4, -0.2) is 23.3 Å². The predicted molar refractivity (Wildman–Crippen MR) is 142 cm³/mol. The molecule has 2 amide bonds. The van der Waals surface area contributed by atoms with Crippen LogP contribution in [0.3, 0.4) is 0 Å². The van der Waals surface area contributed by atoms with Crippen molar-refractivity contribution in [2.75, 3.05) is 6.61 Å². The van der Waals surface area contributed by atoms with Gasteiger partial charge < -0.3 is 9.47 Å². The third kappa shape index (κ3) is 5.61. The normalized spacial score (nSPS) is 14.6.